The molecule has 0 saturated heterocycles. The quantitative estimate of drug-likeness (QED) is 0.637. The molecule has 0 aliphatic carbocycles. The van der Waals surface area contributed by atoms with Gasteiger partial charge in [-0.15, -0.1) is 0 Å². The number of hydrogen-bond donors (Lipinski definition) is 1. The second-order valence-electron chi connectivity index (χ2n) is 7.61. The summed E-state index contributed by atoms with van der Waals surface area (Å²) in [5.74, 6) is 0.918. The molecule has 2 aromatic rings. The van der Waals surface area contributed by atoms with Crippen molar-refractivity contribution in [2.24, 2.45) is 5.41 Å². The Bertz CT molecular complexity index is 911. The van der Waals surface area contributed by atoms with Crippen molar-refractivity contribution in [2.75, 3.05) is 19.8 Å². The Kier molecular flexibility index (Phi) is 6.00. The third kappa shape index (κ3) is 5.14. The lowest BCUT2D eigenvalue weighted by atomic mass is 9.97. The minimum atomic E-state index is -0.383. The number of nitrogens with one attached hydrogen (secondary N) is 1. The molecule has 5 nitrogen and oxygen atoms in total. The largest absolute Gasteiger partial charge is 0.489 e. The van der Waals surface area contributed by atoms with Crippen LogP contribution in [0.5, 0.6) is 11.5 Å². The van der Waals surface area contributed by atoms with Gasteiger partial charge in [0.2, 0.25) is 0 Å². The van der Waals surface area contributed by atoms with E-state index in [1.165, 1.54) is 0 Å². The highest BCUT2D eigenvalue weighted by Gasteiger charge is 2.25. The summed E-state index contributed by atoms with van der Waals surface area (Å²) in [7, 11) is 0. The highest BCUT2D eigenvalue weighted by molar-refractivity contribution is 6.01. The van der Waals surface area contributed by atoms with Crippen LogP contribution in [0.1, 0.15) is 25.0 Å². The van der Waals surface area contributed by atoms with E-state index in [9.17, 15) is 10.1 Å². The Hall–Kier alpha value is -3.26. The number of nitriles is 1. The summed E-state index contributed by atoms with van der Waals surface area (Å²) in [6.07, 6.45) is 2.28. The summed E-state index contributed by atoms with van der Waals surface area (Å²) in [4.78, 5) is 12.3. The molecule has 0 fully saturated rings. The summed E-state index contributed by atoms with van der Waals surface area (Å²) in [6.45, 7) is 5.74. The molecule has 5 heteroatoms. The first-order valence-electron chi connectivity index (χ1n) is 9.30. The van der Waals surface area contributed by atoms with Gasteiger partial charge >= 0.3 is 0 Å². The molecule has 1 aliphatic rings. The first-order chi connectivity index (χ1) is 13.5. The molecule has 3 rings (SSSR count). The molecular weight excluding hydrogens is 352 g/mol. The van der Waals surface area contributed by atoms with Gasteiger partial charge in [-0.2, -0.15) is 5.26 Å². The predicted octanol–water partition coefficient (Wildman–Crippen LogP) is 3.75. The molecule has 0 bridgehead atoms. The normalized spacial score (nSPS) is 15.2. The van der Waals surface area contributed by atoms with Gasteiger partial charge in [-0.3, -0.25) is 4.79 Å². The van der Waals surface area contributed by atoms with Crippen molar-refractivity contribution in [2.45, 2.75) is 20.3 Å². The third-order valence-electron chi connectivity index (χ3n) is 4.42. The van der Waals surface area contributed by atoms with Crippen LogP contribution in [-0.4, -0.2) is 25.7 Å². The molecule has 1 N–H and O–H groups in total. The molecule has 0 aromatic heterocycles. The third-order valence-corrected chi connectivity index (χ3v) is 4.42. The fraction of sp³-hybridized carbons (Fsp3) is 0.304. The van der Waals surface area contributed by atoms with Crippen molar-refractivity contribution in [3.8, 4) is 17.6 Å². The van der Waals surface area contributed by atoms with Crippen molar-refractivity contribution >= 4 is 12.0 Å². The molecular formula is C23H24N2O3. The highest BCUT2D eigenvalue weighted by atomic mass is 16.5. The summed E-state index contributed by atoms with van der Waals surface area (Å²) in [5.41, 5.74) is 1.83. The standard InChI is InChI=1S/C23H24N2O3/c1-23(2)15-27-20-9-8-18(13-21(20)28-16-23)12-19(14-24)22(26)25-11-10-17-6-4-3-5-7-17/h3-9,12-13H,10-11,15-16H2,1-2H3,(H,25,26)/b19-12+. The lowest BCUT2D eigenvalue weighted by Crippen LogP contribution is -2.26. The second kappa shape index (κ2) is 8.62. The number of amides is 1. The minimum absolute atomic E-state index is 0.0582. The summed E-state index contributed by atoms with van der Waals surface area (Å²) >= 11 is 0. The Labute approximate surface area is 165 Å². The maximum atomic E-state index is 12.3. The van der Waals surface area contributed by atoms with Crippen LogP contribution < -0.4 is 14.8 Å². The van der Waals surface area contributed by atoms with Crippen molar-refractivity contribution in [1.29, 1.82) is 5.26 Å². The number of carbonyl (C=O) groups is 1. The first kappa shape index (κ1) is 19.5. The van der Waals surface area contributed by atoms with Crippen molar-refractivity contribution in [3.63, 3.8) is 0 Å². The first-order valence-corrected chi connectivity index (χ1v) is 9.30. The van der Waals surface area contributed by atoms with Crippen LogP contribution in [0.4, 0.5) is 0 Å². The summed E-state index contributed by atoms with van der Waals surface area (Å²) in [6, 6.07) is 17.3. The van der Waals surface area contributed by atoms with E-state index in [0.717, 1.165) is 11.1 Å². The lowest BCUT2D eigenvalue weighted by Gasteiger charge is -2.19. The second-order valence-corrected chi connectivity index (χ2v) is 7.61. The zero-order valence-electron chi connectivity index (χ0n) is 16.2. The topological polar surface area (TPSA) is 71.3 Å². The van der Waals surface area contributed by atoms with Crippen molar-refractivity contribution in [3.05, 3.63) is 65.2 Å². The molecule has 1 aliphatic heterocycles. The van der Waals surface area contributed by atoms with Crippen LogP contribution >= 0.6 is 0 Å². The molecule has 28 heavy (non-hydrogen) atoms. The van der Waals surface area contributed by atoms with Crippen LogP contribution in [-0.2, 0) is 11.2 Å². The van der Waals surface area contributed by atoms with Gasteiger partial charge in [-0.1, -0.05) is 50.2 Å². The zero-order chi connectivity index (χ0) is 20.0. The maximum absolute atomic E-state index is 12.3. The van der Waals surface area contributed by atoms with E-state index in [4.69, 9.17) is 9.47 Å². The van der Waals surface area contributed by atoms with Crippen molar-refractivity contribution < 1.29 is 14.3 Å². The van der Waals surface area contributed by atoms with Gasteiger partial charge in [-0.25, -0.2) is 0 Å². The number of hydrogen-bond acceptors (Lipinski definition) is 4. The zero-order valence-corrected chi connectivity index (χ0v) is 16.2. The van der Waals surface area contributed by atoms with E-state index in [1.54, 1.807) is 12.1 Å². The average molecular weight is 376 g/mol. The number of rotatable bonds is 5. The van der Waals surface area contributed by atoms with Crippen LogP contribution in [0.25, 0.3) is 6.08 Å². The van der Waals surface area contributed by atoms with Gasteiger partial charge in [0.15, 0.2) is 11.5 Å². The number of carbonyl (C=O) groups excluding carboxylic acids is 1. The van der Waals surface area contributed by atoms with Gasteiger partial charge in [0.05, 0.1) is 13.2 Å². The van der Waals surface area contributed by atoms with E-state index in [1.807, 2.05) is 48.5 Å². The maximum Gasteiger partial charge on any atom is 0.261 e. The Balaban J connectivity index is 1.66. The van der Waals surface area contributed by atoms with Gasteiger partial charge in [0, 0.05) is 12.0 Å². The molecule has 0 radical (unpaired) electrons. The molecule has 1 heterocycles. The molecule has 2 aromatic carbocycles. The summed E-state index contributed by atoms with van der Waals surface area (Å²) < 4.78 is 11.7. The van der Waals surface area contributed by atoms with Gasteiger partial charge in [0.25, 0.3) is 5.91 Å². The lowest BCUT2D eigenvalue weighted by molar-refractivity contribution is -0.117. The number of fused-ring (bicyclic) bond motifs is 1. The molecule has 1 amide bonds. The van der Waals surface area contributed by atoms with Crippen LogP contribution in [0.2, 0.25) is 0 Å². The number of ether oxygens (including phenoxy) is 2. The van der Waals surface area contributed by atoms with E-state index in [0.29, 0.717) is 37.7 Å². The Morgan fingerprint density at radius 2 is 1.86 bits per heavy atom. The Morgan fingerprint density at radius 3 is 2.57 bits per heavy atom. The average Bonchev–Trinajstić information content (AvgIpc) is 2.85. The molecule has 0 atom stereocenters. The highest BCUT2D eigenvalue weighted by Crippen LogP contribution is 2.34. The molecule has 144 valence electrons. The van der Waals surface area contributed by atoms with Crippen LogP contribution in [0.15, 0.2) is 54.1 Å². The fourth-order valence-corrected chi connectivity index (χ4v) is 2.81. The molecule has 0 unspecified atom stereocenters. The van der Waals surface area contributed by atoms with E-state index in [2.05, 4.69) is 19.2 Å². The van der Waals surface area contributed by atoms with Gasteiger partial charge < -0.3 is 14.8 Å². The number of nitrogens with zero attached hydrogens (tertiary/aromatic N) is 1. The predicted molar refractivity (Wildman–Crippen MR) is 108 cm³/mol. The SMILES string of the molecule is CC1(C)COc2ccc(/C=C(\C#N)C(=O)NCCc3ccccc3)cc2OC1. The van der Waals surface area contributed by atoms with E-state index in [-0.39, 0.29) is 16.9 Å². The van der Waals surface area contributed by atoms with Gasteiger partial charge in [-0.05, 0) is 35.8 Å². The van der Waals surface area contributed by atoms with E-state index >= 15 is 0 Å². The smallest absolute Gasteiger partial charge is 0.261 e. The van der Waals surface area contributed by atoms with Gasteiger partial charge in [0.1, 0.15) is 11.6 Å². The number of benzene rings is 2. The molecule has 0 spiro atoms. The van der Waals surface area contributed by atoms with Crippen LogP contribution in [0.3, 0.4) is 0 Å². The Morgan fingerprint density at radius 1 is 1.14 bits per heavy atom. The monoisotopic (exact) mass is 376 g/mol. The molecule has 0 saturated carbocycles. The van der Waals surface area contributed by atoms with Crippen LogP contribution in [0, 0.1) is 16.7 Å². The fourth-order valence-electron chi connectivity index (χ4n) is 2.81. The van der Waals surface area contributed by atoms with Crippen molar-refractivity contribution in [1.82, 2.24) is 5.32 Å². The minimum Gasteiger partial charge on any atom is -0.489 e. The van der Waals surface area contributed by atoms with E-state index < -0.39 is 0 Å². The summed E-state index contributed by atoms with van der Waals surface area (Å²) in [5, 5.41) is 12.2.